The van der Waals surface area contributed by atoms with E-state index in [0.29, 0.717) is 17.7 Å². The molecule has 0 aliphatic carbocycles. The van der Waals surface area contributed by atoms with Gasteiger partial charge in [-0.3, -0.25) is 4.79 Å². The van der Waals surface area contributed by atoms with Crippen LogP contribution in [0.4, 0.5) is 0 Å². The number of hydrogen-bond acceptors (Lipinski definition) is 3. The SMILES string of the molecule is CCc1nnc2n1CCC1(CC2)CCN(C(=O)CCc2ccccc2)CC1. The summed E-state index contributed by atoms with van der Waals surface area (Å²) in [5.41, 5.74) is 1.62. The van der Waals surface area contributed by atoms with Crippen molar-refractivity contribution in [1.29, 1.82) is 0 Å². The van der Waals surface area contributed by atoms with E-state index in [1.165, 1.54) is 18.4 Å². The Morgan fingerprint density at radius 1 is 1.04 bits per heavy atom. The van der Waals surface area contributed by atoms with Crippen molar-refractivity contribution in [3.8, 4) is 0 Å². The molecule has 27 heavy (non-hydrogen) atoms. The lowest BCUT2D eigenvalue weighted by molar-refractivity contribution is -0.133. The van der Waals surface area contributed by atoms with E-state index in [1.54, 1.807) is 0 Å². The minimum Gasteiger partial charge on any atom is -0.343 e. The molecule has 1 aromatic heterocycles. The van der Waals surface area contributed by atoms with Crippen LogP contribution in [0.3, 0.4) is 0 Å². The average molecular weight is 367 g/mol. The molecule has 1 saturated heterocycles. The molecule has 1 amide bonds. The van der Waals surface area contributed by atoms with Gasteiger partial charge in [-0.25, -0.2) is 0 Å². The first-order valence-corrected chi connectivity index (χ1v) is 10.4. The Balaban J connectivity index is 1.31. The number of aromatic nitrogens is 3. The van der Waals surface area contributed by atoms with Crippen LogP contribution >= 0.6 is 0 Å². The van der Waals surface area contributed by atoms with Crippen molar-refractivity contribution in [2.45, 2.75) is 64.8 Å². The summed E-state index contributed by atoms with van der Waals surface area (Å²) in [5.74, 6) is 2.59. The van der Waals surface area contributed by atoms with Crippen molar-refractivity contribution in [1.82, 2.24) is 19.7 Å². The second-order valence-corrected chi connectivity index (χ2v) is 8.15. The molecule has 3 heterocycles. The van der Waals surface area contributed by atoms with Crippen molar-refractivity contribution in [3.63, 3.8) is 0 Å². The third-order valence-electron chi connectivity index (χ3n) is 6.61. The van der Waals surface area contributed by atoms with E-state index in [9.17, 15) is 4.79 Å². The van der Waals surface area contributed by atoms with Crippen LogP contribution in [0, 0.1) is 5.41 Å². The Bertz CT molecular complexity index is 775. The molecular weight excluding hydrogens is 336 g/mol. The number of hydrogen-bond donors (Lipinski definition) is 0. The van der Waals surface area contributed by atoms with Gasteiger partial charge in [0.1, 0.15) is 11.6 Å². The maximum Gasteiger partial charge on any atom is 0.222 e. The number of carbonyl (C=O) groups is 1. The minimum atomic E-state index is 0.313. The Hall–Kier alpha value is -2.17. The van der Waals surface area contributed by atoms with Crippen molar-refractivity contribution in [3.05, 3.63) is 47.5 Å². The van der Waals surface area contributed by atoms with E-state index >= 15 is 0 Å². The molecule has 5 heteroatoms. The van der Waals surface area contributed by atoms with Gasteiger partial charge < -0.3 is 9.47 Å². The van der Waals surface area contributed by atoms with E-state index in [4.69, 9.17) is 0 Å². The molecule has 5 nitrogen and oxygen atoms in total. The van der Waals surface area contributed by atoms with Gasteiger partial charge in [0.15, 0.2) is 0 Å². The van der Waals surface area contributed by atoms with Crippen LogP contribution in [0.25, 0.3) is 0 Å². The molecule has 1 aromatic carbocycles. The largest absolute Gasteiger partial charge is 0.343 e. The van der Waals surface area contributed by atoms with E-state index in [2.05, 4.69) is 38.7 Å². The maximum atomic E-state index is 12.6. The molecule has 4 rings (SSSR count). The van der Waals surface area contributed by atoms with Crippen LogP contribution in [0.1, 0.15) is 56.2 Å². The van der Waals surface area contributed by atoms with Gasteiger partial charge in [-0.1, -0.05) is 37.3 Å². The van der Waals surface area contributed by atoms with Gasteiger partial charge in [-0.2, -0.15) is 0 Å². The Morgan fingerprint density at radius 3 is 2.52 bits per heavy atom. The summed E-state index contributed by atoms with van der Waals surface area (Å²) >= 11 is 0. The van der Waals surface area contributed by atoms with Crippen molar-refractivity contribution < 1.29 is 4.79 Å². The standard InChI is InChI=1S/C22H30N4O/c1-2-19-23-24-20-10-11-22(14-17-26(19)20)12-15-25(16-13-22)21(27)9-8-18-6-4-3-5-7-18/h3-7H,2,8-17H2,1H3. The van der Waals surface area contributed by atoms with Crippen molar-refractivity contribution in [2.75, 3.05) is 13.1 Å². The Labute approximate surface area is 161 Å². The smallest absolute Gasteiger partial charge is 0.222 e. The second kappa shape index (κ2) is 7.83. The van der Waals surface area contributed by atoms with Crippen LogP contribution in [-0.4, -0.2) is 38.7 Å². The third-order valence-corrected chi connectivity index (χ3v) is 6.61. The van der Waals surface area contributed by atoms with Crippen molar-refractivity contribution in [2.24, 2.45) is 5.41 Å². The van der Waals surface area contributed by atoms with Crippen LogP contribution in [0.15, 0.2) is 30.3 Å². The quantitative estimate of drug-likeness (QED) is 0.833. The van der Waals surface area contributed by atoms with Gasteiger partial charge in [0.25, 0.3) is 0 Å². The monoisotopic (exact) mass is 366 g/mol. The van der Waals surface area contributed by atoms with Crippen LogP contribution in [0.2, 0.25) is 0 Å². The number of nitrogens with zero attached hydrogens (tertiary/aromatic N) is 4. The zero-order valence-corrected chi connectivity index (χ0v) is 16.4. The molecule has 2 aliphatic heterocycles. The lowest BCUT2D eigenvalue weighted by atomic mass is 9.72. The highest BCUT2D eigenvalue weighted by atomic mass is 16.2. The third kappa shape index (κ3) is 3.92. The van der Waals surface area contributed by atoms with Crippen LogP contribution < -0.4 is 0 Å². The molecule has 144 valence electrons. The number of aryl methyl sites for hydroxylation is 3. The summed E-state index contributed by atoms with van der Waals surface area (Å²) in [6.45, 7) is 5.01. The summed E-state index contributed by atoms with van der Waals surface area (Å²) in [7, 11) is 0. The van der Waals surface area contributed by atoms with Crippen LogP contribution in [-0.2, 0) is 30.6 Å². The van der Waals surface area contributed by atoms with Gasteiger partial charge in [0, 0.05) is 38.9 Å². The van der Waals surface area contributed by atoms with E-state index < -0.39 is 0 Å². The molecule has 2 aliphatic rings. The summed E-state index contributed by atoms with van der Waals surface area (Å²) in [4.78, 5) is 14.7. The molecule has 0 radical (unpaired) electrons. The first-order valence-electron chi connectivity index (χ1n) is 10.4. The van der Waals surface area contributed by atoms with Crippen LogP contribution in [0.5, 0.6) is 0 Å². The summed E-state index contributed by atoms with van der Waals surface area (Å²) in [5, 5.41) is 8.74. The number of amides is 1. The molecule has 0 saturated carbocycles. The first kappa shape index (κ1) is 18.2. The summed E-state index contributed by atoms with van der Waals surface area (Å²) in [6.07, 6.45) is 8.07. The van der Waals surface area contributed by atoms with Gasteiger partial charge in [0.05, 0.1) is 0 Å². The van der Waals surface area contributed by atoms with Gasteiger partial charge in [0.2, 0.25) is 5.91 Å². The lowest BCUT2D eigenvalue weighted by Crippen LogP contribution is -2.43. The normalized spacial score (nSPS) is 18.9. The molecule has 2 aromatic rings. The maximum absolute atomic E-state index is 12.6. The predicted molar refractivity (Wildman–Crippen MR) is 105 cm³/mol. The number of benzene rings is 1. The lowest BCUT2D eigenvalue weighted by Gasteiger charge is -2.41. The Morgan fingerprint density at radius 2 is 1.78 bits per heavy atom. The number of fused-ring (bicyclic) bond motifs is 1. The van der Waals surface area contributed by atoms with Gasteiger partial charge >= 0.3 is 0 Å². The minimum absolute atomic E-state index is 0.313. The van der Waals surface area contributed by atoms with E-state index in [0.717, 1.165) is 63.4 Å². The second-order valence-electron chi connectivity index (χ2n) is 8.15. The highest BCUT2D eigenvalue weighted by Gasteiger charge is 2.37. The number of carbonyl (C=O) groups excluding carboxylic acids is 1. The first-order chi connectivity index (χ1) is 13.2. The number of likely N-dealkylation sites (tertiary alicyclic amines) is 1. The predicted octanol–water partition coefficient (Wildman–Crippen LogP) is 3.42. The molecular formula is C22H30N4O. The number of piperidine rings is 1. The number of rotatable bonds is 4. The topological polar surface area (TPSA) is 51.0 Å². The highest BCUT2D eigenvalue weighted by molar-refractivity contribution is 5.76. The molecule has 0 atom stereocenters. The molecule has 0 N–H and O–H groups in total. The van der Waals surface area contributed by atoms with E-state index in [1.807, 2.05) is 18.2 Å². The molecule has 0 bridgehead atoms. The zero-order chi connectivity index (χ0) is 18.7. The van der Waals surface area contributed by atoms with Gasteiger partial charge in [-0.05, 0) is 43.1 Å². The fraction of sp³-hybridized carbons (Fsp3) is 0.591. The van der Waals surface area contributed by atoms with E-state index in [-0.39, 0.29) is 0 Å². The average Bonchev–Trinajstić information content (AvgIpc) is 3.04. The Kier molecular flexibility index (Phi) is 5.28. The molecule has 0 unspecified atom stereocenters. The highest BCUT2D eigenvalue weighted by Crippen LogP contribution is 2.41. The molecule has 1 spiro atoms. The fourth-order valence-corrected chi connectivity index (χ4v) is 4.71. The summed E-state index contributed by atoms with van der Waals surface area (Å²) in [6, 6.07) is 10.3. The molecule has 1 fully saturated rings. The van der Waals surface area contributed by atoms with Crippen molar-refractivity contribution >= 4 is 5.91 Å². The van der Waals surface area contributed by atoms with Gasteiger partial charge in [-0.15, -0.1) is 10.2 Å². The fourth-order valence-electron chi connectivity index (χ4n) is 4.71. The zero-order valence-electron chi connectivity index (χ0n) is 16.4. The summed E-state index contributed by atoms with van der Waals surface area (Å²) < 4.78 is 2.34.